The van der Waals surface area contributed by atoms with Crippen molar-refractivity contribution >= 4 is 21.6 Å². The van der Waals surface area contributed by atoms with E-state index in [1.807, 2.05) is 28.0 Å². The van der Waals surface area contributed by atoms with Gasteiger partial charge in [0.2, 0.25) is 15.9 Å². The highest BCUT2D eigenvalue weighted by Crippen LogP contribution is 2.26. The highest BCUT2D eigenvalue weighted by molar-refractivity contribution is 7.88. The third-order valence-electron chi connectivity index (χ3n) is 4.57. The van der Waals surface area contributed by atoms with Crippen LogP contribution in [0.25, 0.3) is 0 Å². The second-order valence-corrected chi connectivity index (χ2v) is 8.20. The van der Waals surface area contributed by atoms with E-state index in [0.717, 1.165) is 25.1 Å². The number of sulfonamides is 1. The molecular formula is C16H23N3O3S. The van der Waals surface area contributed by atoms with Crippen LogP contribution in [0.2, 0.25) is 0 Å². The fraction of sp³-hybridized carbons (Fsp3) is 0.562. The maximum atomic E-state index is 12.7. The van der Waals surface area contributed by atoms with Gasteiger partial charge < -0.3 is 4.90 Å². The van der Waals surface area contributed by atoms with E-state index in [1.165, 1.54) is 16.1 Å². The number of hydrogen-bond donors (Lipinski definition) is 0. The molecule has 0 radical (unpaired) electrons. The number of rotatable bonds is 3. The van der Waals surface area contributed by atoms with E-state index < -0.39 is 10.0 Å². The minimum Gasteiger partial charge on any atom is -0.311 e. The Labute approximate surface area is 137 Å². The van der Waals surface area contributed by atoms with E-state index in [-0.39, 0.29) is 5.91 Å². The van der Waals surface area contributed by atoms with Gasteiger partial charge in [-0.2, -0.15) is 4.31 Å². The summed E-state index contributed by atoms with van der Waals surface area (Å²) < 4.78 is 24.5. The van der Waals surface area contributed by atoms with Crippen molar-refractivity contribution in [2.75, 3.05) is 50.4 Å². The normalized spacial score (nSPS) is 20.3. The lowest BCUT2D eigenvalue weighted by atomic mass is 10.0. The molecule has 1 fully saturated rings. The molecule has 0 aliphatic carbocycles. The van der Waals surface area contributed by atoms with Crippen molar-refractivity contribution in [1.82, 2.24) is 9.21 Å². The predicted octanol–water partition coefficient (Wildman–Crippen LogP) is 0.543. The zero-order chi connectivity index (χ0) is 16.4. The number of aryl methyl sites for hydroxylation is 1. The molecule has 7 heteroatoms. The molecule has 23 heavy (non-hydrogen) atoms. The highest BCUT2D eigenvalue weighted by atomic mass is 32.2. The molecule has 1 aromatic rings. The molecule has 0 aromatic heterocycles. The van der Waals surface area contributed by atoms with Crippen LogP contribution in [0.1, 0.15) is 12.0 Å². The van der Waals surface area contributed by atoms with Crippen LogP contribution in [-0.4, -0.2) is 69.1 Å². The van der Waals surface area contributed by atoms with Crippen molar-refractivity contribution in [3.63, 3.8) is 0 Å². The summed E-state index contributed by atoms with van der Waals surface area (Å²) in [6, 6.07) is 8.07. The first-order chi connectivity index (χ1) is 10.9. The van der Waals surface area contributed by atoms with Gasteiger partial charge >= 0.3 is 0 Å². The van der Waals surface area contributed by atoms with Gasteiger partial charge in [-0.25, -0.2) is 8.42 Å². The Hall–Kier alpha value is -1.44. The van der Waals surface area contributed by atoms with Gasteiger partial charge in [-0.1, -0.05) is 18.2 Å². The molecule has 1 amide bonds. The number of amides is 1. The summed E-state index contributed by atoms with van der Waals surface area (Å²) in [7, 11) is -3.13. The molecule has 6 nitrogen and oxygen atoms in total. The second kappa shape index (κ2) is 6.59. The average Bonchev–Trinajstić information content (AvgIpc) is 2.54. The summed E-state index contributed by atoms with van der Waals surface area (Å²) in [6.07, 6.45) is 3.25. The highest BCUT2D eigenvalue weighted by Gasteiger charge is 2.27. The van der Waals surface area contributed by atoms with Crippen molar-refractivity contribution < 1.29 is 13.2 Å². The van der Waals surface area contributed by atoms with Crippen LogP contribution >= 0.6 is 0 Å². The standard InChI is InChI=1S/C16H23N3O3S/c1-23(21,22)18-11-9-17(10-12-18)13-16(20)19-8-4-6-14-5-2-3-7-15(14)19/h2-3,5,7H,4,6,8-13H2,1H3. The third-order valence-corrected chi connectivity index (χ3v) is 5.87. The lowest BCUT2D eigenvalue weighted by molar-refractivity contribution is -0.120. The van der Waals surface area contributed by atoms with Crippen LogP contribution in [0.15, 0.2) is 24.3 Å². The first-order valence-corrected chi connectivity index (χ1v) is 9.86. The number of fused-ring (bicyclic) bond motifs is 1. The van der Waals surface area contributed by atoms with Gasteiger partial charge in [-0.05, 0) is 24.5 Å². The van der Waals surface area contributed by atoms with Crippen LogP contribution in [0.4, 0.5) is 5.69 Å². The van der Waals surface area contributed by atoms with Crippen LogP contribution in [0.5, 0.6) is 0 Å². The minimum atomic E-state index is -3.13. The number of piperazine rings is 1. The SMILES string of the molecule is CS(=O)(=O)N1CCN(CC(=O)N2CCCc3ccccc32)CC1. The van der Waals surface area contributed by atoms with Gasteiger partial charge in [0.1, 0.15) is 0 Å². The van der Waals surface area contributed by atoms with Crippen LogP contribution < -0.4 is 4.90 Å². The molecule has 0 atom stereocenters. The number of benzene rings is 1. The van der Waals surface area contributed by atoms with Crippen LogP contribution in [0.3, 0.4) is 0 Å². The Bertz CT molecular complexity index is 682. The third kappa shape index (κ3) is 3.73. The summed E-state index contributed by atoms with van der Waals surface area (Å²) in [4.78, 5) is 16.6. The van der Waals surface area contributed by atoms with Crippen molar-refractivity contribution in [3.8, 4) is 0 Å². The number of nitrogens with zero attached hydrogens (tertiary/aromatic N) is 3. The van der Waals surface area contributed by atoms with E-state index in [0.29, 0.717) is 32.7 Å². The number of hydrogen-bond acceptors (Lipinski definition) is 4. The van der Waals surface area contributed by atoms with Gasteiger partial charge in [0, 0.05) is 38.4 Å². The average molecular weight is 337 g/mol. The van der Waals surface area contributed by atoms with Crippen molar-refractivity contribution in [2.24, 2.45) is 0 Å². The molecule has 2 heterocycles. The van der Waals surface area contributed by atoms with E-state index in [4.69, 9.17) is 0 Å². The Morgan fingerprint density at radius 3 is 2.48 bits per heavy atom. The van der Waals surface area contributed by atoms with Crippen molar-refractivity contribution in [2.45, 2.75) is 12.8 Å². The molecule has 0 unspecified atom stereocenters. The Morgan fingerprint density at radius 2 is 1.78 bits per heavy atom. The number of anilines is 1. The quantitative estimate of drug-likeness (QED) is 0.808. The summed E-state index contributed by atoms with van der Waals surface area (Å²) in [5.41, 5.74) is 2.26. The van der Waals surface area contributed by atoms with Gasteiger partial charge in [-0.3, -0.25) is 9.69 Å². The van der Waals surface area contributed by atoms with Crippen LogP contribution in [-0.2, 0) is 21.2 Å². The fourth-order valence-corrected chi connectivity index (χ4v) is 4.12. The lowest BCUT2D eigenvalue weighted by Gasteiger charge is -2.35. The molecule has 2 aliphatic rings. The lowest BCUT2D eigenvalue weighted by Crippen LogP contribution is -2.51. The minimum absolute atomic E-state index is 0.102. The van der Waals surface area contributed by atoms with E-state index in [2.05, 4.69) is 6.07 Å². The zero-order valence-corrected chi connectivity index (χ0v) is 14.3. The smallest absolute Gasteiger partial charge is 0.241 e. The van der Waals surface area contributed by atoms with Crippen molar-refractivity contribution in [1.29, 1.82) is 0 Å². The molecule has 2 aliphatic heterocycles. The molecule has 0 saturated carbocycles. The summed E-state index contributed by atoms with van der Waals surface area (Å²) in [5.74, 6) is 0.102. The number of para-hydroxylation sites is 1. The number of carbonyl (C=O) groups is 1. The van der Waals surface area contributed by atoms with Crippen LogP contribution in [0, 0.1) is 0 Å². The fourth-order valence-electron chi connectivity index (χ4n) is 3.29. The monoisotopic (exact) mass is 337 g/mol. The largest absolute Gasteiger partial charge is 0.311 e. The predicted molar refractivity (Wildman–Crippen MR) is 90.0 cm³/mol. The maximum absolute atomic E-state index is 12.7. The molecule has 1 saturated heterocycles. The van der Waals surface area contributed by atoms with Gasteiger partial charge in [-0.15, -0.1) is 0 Å². The second-order valence-electron chi connectivity index (χ2n) is 6.22. The molecular weight excluding hydrogens is 314 g/mol. The molecule has 0 spiro atoms. The topological polar surface area (TPSA) is 60.9 Å². The summed E-state index contributed by atoms with van der Waals surface area (Å²) in [6.45, 7) is 3.25. The maximum Gasteiger partial charge on any atom is 0.241 e. The Balaban J connectivity index is 1.61. The van der Waals surface area contributed by atoms with Gasteiger partial charge in [0.05, 0.1) is 12.8 Å². The van der Waals surface area contributed by atoms with Gasteiger partial charge in [0.25, 0.3) is 0 Å². The van der Waals surface area contributed by atoms with E-state index in [1.54, 1.807) is 0 Å². The first kappa shape index (κ1) is 16.4. The molecule has 126 valence electrons. The molecule has 0 N–H and O–H groups in total. The Kier molecular flexibility index (Phi) is 4.70. The Morgan fingerprint density at radius 1 is 1.09 bits per heavy atom. The van der Waals surface area contributed by atoms with Crippen molar-refractivity contribution in [3.05, 3.63) is 29.8 Å². The van der Waals surface area contributed by atoms with E-state index in [9.17, 15) is 13.2 Å². The molecule has 1 aromatic carbocycles. The first-order valence-electron chi connectivity index (χ1n) is 8.01. The molecule has 3 rings (SSSR count). The van der Waals surface area contributed by atoms with E-state index >= 15 is 0 Å². The van der Waals surface area contributed by atoms with Gasteiger partial charge in [0.15, 0.2) is 0 Å². The summed E-state index contributed by atoms with van der Waals surface area (Å²) >= 11 is 0. The summed E-state index contributed by atoms with van der Waals surface area (Å²) in [5, 5.41) is 0. The zero-order valence-electron chi connectivity index (χ0n) is 13.4. The number of carbonyl (C=O) groups excluding carboxylic acids is 1. The molecule has 0 bridgehead atoms.